The van der Waals surface area contributed by atoms with Crippen LogP contribution >= 0.6 is 11.8 Å². The van der Waals surface area contributed by atoms with E-state index in [-0.39, 0.29) is 6.04 Å². The molecule has 96 valence electrons. The Hall–Kier alpha value is -0.910. The second-order valence-corrected chi connectivity index (χ2v) is 4.63. The van der Waals surface area contributed by atoms with Crippen LogP contribution < -0.4 is 20.7 Å². The Morgan fingerprint density at radius 3 is 2.24 bits per heavy atom. The molecule has 1 rings (SSSR count). The maximum Gasteiger partial charge on any atom is 0.122 e. The molecule has 1 unspecified atom stereocenters. The molecule has 0 amide bonds. The smallest absolute Gasteiger partial charge is 0.122 e. The van der Waals surface area contributed by atoms with Crippen molar-refractivity contribution in [2.45, 2.75) is 12.5 Å². The van der Waals surface area contributed by atoms with Crippen molar-refractivity contribution in [1.82, 2.24) is 5.43 Å². The zero-order valence-corrected chi connectivity index (χ0v) is 11.3. The van der Waals surface area contributed by atoms with Crippen molar-refractivity contribution in [3.05, 3.63) is 23.8 Å². The van der Waals surface area contributed by atoms with Crippen LogP contribution in [-0.4, -0.2) is 26.2 Å². The highest BCUT2D eigenvalue weighted by molar-refractivity contribution is 7.98. The third kappa shape index (κ3) is 4.11. The van der Waals surface area contributed by atoms with E-state index in [1.54, 1.807) is 26.0 Å². The number of thioether (sulfide) groups is 1. The third-order valence-electron chi connectivity index (χ3n) is 2.59. The molecule has 1 aromatic rings. The molecule has 0 aliphatic heterocycles. The van der Waals surface area contributed by atoms with Crippen LogP contribution in [0.2, 0.25) is 0 Å². The Labute approximate surface area is 107 Å². The van der Waals surface area contributed by atoms with Crippen LogP contribution in [0.1, 0.15) is 18.0 Å². The number of ether oxygens (including phenoxy) is 2. The molecule has 0 fully saturated rings. The van der Waals surface area contributed by atoms with Crippen molar-refractivity contribution < 1.29 is 9.47 Å². The predicted octanol–water partition coefficient (Wildman–Crippen LogP) is 1.96. The van der Waals surface area contributed by atoms with Gasteiger partial charge in [0.05, 0.1) is 14.2 Å². The molecular formula is C12H20N2O2S. The minimum absolute atomic E-state index is 0.117. The topological polar surface area (TPSA) is 56.5 Å². The molecule has 0 bridgehead atoms. The lowest BCUT2D eigenvalue weighted by Gasteiger charge is -2.17. The molecule has 0 aromatic heterocycles. The molecular weight excluding hydrogens is 236 g/mol. The van der Waals surface area contributed by atoms with Crippen LogP contribution in [0.3, 0.4) is 0 Å². The normalized spacial score (nSPS) is 12.2. The lowest BCUT2D eigenvalue weighted by atomic mass is 10.0. The summed E-state index contributed by atoms with van der Waals surface area (Å²) >= 11 is 1.80. The van der Waals surface area contributed by atoms with Crippen LogP contribution in [-0.2, 0) is 0 Å². The first-order valence-corrected chi connectivity index (χ1v) is 6.82. The Balaban J connectivity index is 2.92. The van der Waals surface area contributed by atoms with Crippen molar-refractivity contribution in [2.24, 2.45) is 5.84 Å². The van der Waals surface area contributed by atoms with E-state index in [9.17, 15) is 0 Å². The van der Waals surface area contributed by atoms with Crippen LogP contribution in [0.4, 0.5) is 0 Å². The van der Waals surface area contributed by atoms with Gasteiger partial charge in [-0.25, -0.2) is 0 Å². The number of hydrogen-bond donors (Lipinski definition) is 2. The highest BCUT2D eigenvalue weighted by Crippen LogP contribution is 2.28. The Morgan fingerprint density at radius 2 is 1.82 bits per heavy atom. The minimum atomic E-state index is 0.117. The van der Waals surface area contributed by atoms with Crippen LogP contribution in [0.5, 0.6) is 11.5 Å². The summed E-state index contributed by atoms with van der Waals surface area (Å²) < 4.78 is 10.5. The van der Waals surface area contributed by atoms with Gasteiger partial charge in [-0.05, 0) is 36.1 Å². The largest absolute Gasteiger partial charge is 0.497 e. The van der Waals surface area contributed by atoms with Gasteiger partial charge in [0, 0.05) is 12.1 Å². The lowest BCUT2D eigenvalue weighted by molar-refractivity contribution is 0.391. The molecule has 0 aliphatic carbocycles. The van der Waals surface area contributed by atoms with E-state index in [0.29, 0.717) is 0 Å². The average molecular weight is 256 g/mol. The van der Waals surface area contributed by atoms with E-state index >= 15 is 0 Å². The van der Waals surface area contributed by atoms with E-state index in [4.69, 9.17) is 15.3 Å². The second-order valence-electron chi connectivity index (χ2n) is 3.65. The van der Waals surface area contributed by atoms with Gasteiger partial charge in [0.15, 0.2) is 0 Å². The summed E-state index contributed by atoms with van der Waals surface area (Å²) in [6, 6.07) is 5.93. The van der Waals surface area contributed by atoms with Crippen molar-refractivity contribution in [3.8, 4) is 11.5 Å². The third-order valence-corrected chi connectivity index (χ3v) is 3.23. The highest BCUT2D eigenvalue weighted by atomic mass is 32.2. The fourth-order valence-electron chi connectivity index (χ4n) is 1.61. The first kappa shape index (κ1) is 14.2. The monoisotopic (exact) mass is 256 g/mol. The number of nitrogens with one attached hydrogen (secondary N) is 1. The van der Waals surface area contributed by atoms with Gasteiger partial charge in [0.25, 0.3) is 0 Å². The molecule has 1 aromatic carbocycles. The number of hydrazine groups is 1. The van der Waals surface area contributed by atoms with Gasteiger partial charge in [0.1, 0.15) is 11.5 Å². The summed E-state index contributed by atoms with van der Waals surface area (Å²) in [7, 11) is 3.29. The van der Waals surface area contributed by atoms with E-state index < -0.39 is 0 Å². The van der Waals surface area contributed by atoms with Gasteiger partial charge >= 0.3 is 0 Å². The van der Waals surface area contributed by atoms with Crippen LogP contribution in [0.15, 0.2) is 18.2 Å². The molecule has 0 radical (unpaired) electrons. The van der Waals surface area contributed by atoms with Crippen molar-refractivity contribution >= 4 is 11.8 Å². The summed E-state index contributed by atoms with van der Waals surface area (Å²) in [6.07, 6.45) is 3.05. The SMILES string of the molecule is COc1cc(OC)cc(C(CCSC)NN)c1. The second kappa shape index (κ2) is 7.42. The summed E-state index contributed by atoms with van der Waals surface area (Å²) in [5.74, 6) is 8.20. The van der Waals surface area contributed by atoms with Gasteiger partial charge in [-0.2, -0.15) is 11.8 Å². The number of benzene rings is 1. The quantitative estimate of drug-likeness (QED) is 0.577. The molecule has 0 saturated carbocycles. The molecule has 4 nitrogen and oxygen atoms in total. The van der Waals surface area contributed by atoms with Gasteiger partial charge in [-0.3, -0.25) is 11.3 Å². The lowest BCUT2D eigenvalue weighted by Crippen LogP contribution is -2.28. The maximum absolute atomic E-state index is 5.59. The summed E-state index contributed by atoms with van der Waals surface area (Å²) in [6.45, 7) is 0. The molecule has 0 aliphatic rings. The van der Waals surface area contributed by atoms with Gasteiger partial charge in [-0.1, -0.05) is 0 Å². The Kier molecular flexibility index (Phi) is 6.18. The fraction of sp³-hybridized carbons (Fsp3) is 0.500. The van der Waals surface area contributed by atoms with Crippen molar-refractivity contribution in [3.63, 3.8) is 0 Å². The van der Waals surface area contributed by atoms with E-state index in [1.165, 1.54) is 0 Å². The molecule has 3 N–H and O–H groups in total. The zero-order valence-electron chi connectivity index (χ0n) is 10.5. The van der Waals surface area contributed by atoms with Gasteiger partial charge in [0.2, 0.25) is 0 Å². The minimum Gasteiger partial charge on any atom is -0.497 e. The zero-order chi connectivity index (χ0) is 12.7. The van der Waals surface area contributed by atoms with Crippen LogP contribution in [0.25, 0.3) is 0 Å². The Bertz CT molecular complexity index is 325. The first-order chi connectivity index (χ1) is 8.24. The number of rotatable bonds is 7. The highest BCUT2D eigenvalue weighted by Gasteiger charge is 2.12. The van der Waals surface area contributed by atoms with E-state index in [2.05, 4.69) is 11.7 Å². The predicted molar refractivity (Wildman–Crippen MR) is 72.6 cm³/mol. The average Bonchev–Trinajstić information content (AvgIpc) is 2.39. The standard InChI is InChI=1S/C12H20N2O2S/c1-15-10-6-9(7-11(8-10)16-2)12(14-13)4-5-17-3/h6-8,12,14H,4-5,13H2,1-3H3. The summed E-state index contributed by atoms with van der Waals surface area (Å²) in [5, 5.41) is 0. The van der Waals surface area contributed by atoms with E-state index in [1.807, 2.05) is 18.2 Å². The first-order valence-electron chi connectivity index (χ1n) is 5.43. The van der Waals surface area contributed by atoms with Crippen LogP contribution in [0, 0.1) is 0 Å². The van der Waals surface area contributed by atoms with Gasteiger partial charge in [-0.15, -0.1) is 0 Å². The summed E-state index contributed by atoms with van der Waals surface area (Å²) in [4.78, 5) is 0. The molecule has 0 heterocycles. The molecule has 0 saturated heterocycles. The summed E-state index contributed by atoms with van der Waals surface area (Å²) in [5.41, 5.74) is 3.91. The maximum atomic E-state index is 5.59. The molecule has 5 heteroatoms. The number of nitrogens with two attached hydrogens (primary N) is 1. The van der Waals surface area contributed by atoms with Gasteiger partial charge < -0.3 is 9.47 Å². The van der Waals surface area contributed by atoms with E-state index in [0.717, 1.165) is 29.2 Å². The molecule has 1 atom stereocenters. The molecule has 17 heavy (non-hydrogen) atoms. The molecule has 0 spiro atoms. The number of hydrogen-bond acceptors (Lipinski definition) is 5. The van der Waals surface area contributed by atoms with Crippen molar-refractivity contribution in [2.75, 3.05) is 26.2 Å². The Morgan fingerprint density at radius 1 is 1.24 bits per heavy atom. The van der Waals surface area contributed by atoms with Crippen molar-refractivity contribution in [1.29, 1.82) is 0 Å². The number of methoxy groups -OCH3 is 2. The fourth-order valence-corrected chi connectivity index (χ4v) is 2.08.